The summed E-state index contributed by atoms with van der Waals surface area (Å²) in [5.74, 6) is 1.73. The Hall–Kier alpha value is -0.0400. The largest absolute Gasteiger partial charge is 0.306 e. The summed E-state index contributed by atoms with van der Waals surface area (Å²) in [5, 5.41) is 0. The van der Waals surface area contributed by atoms with Crippen molar-refractivity contribution in [3.05, 3.63) is 0 Å². The van der Waals surface area contributed by atoms with E-state index in [4.69, 9.17) is 0 Å². The summed E-state index contributed by atoms with van der Waals surface area (Å²) >= 11 is 0. The zero-order valence-corrected chi connectivity index (χ0v) is 11.0. The molecule has 14 heavy (non-hydrogen) atoms. The molecule has 1 heteroatoms. The average molecular weight is 197 g/mol. The fraction of sp³-hybridized carbons (Fsp3) is 1.00. The molecule has 0 aromatic rings. The summed E-state index contributed by atoms with van der Waals surface area (Å²) in [4.78, 5) is 2.43. The predicted octanol–water partition coefficient (Wildman–Crippen LogP) is 3.26. The van der Waals surface area contributed by atoms with Crippen molar-refractivity contribution in [3.8, 4) is 0 Å². The number of rotatable bonds is 1. The molecule has 1 rings (SSSR count). The molecular formula is C13H27N. The summed E-state index contributed by atoms with van der Waals surface area (Å²) in [6, 6.07) is 0. The van der Waals surface area contributed by atoms with Crippen LogP contribution >= 0.6 is 0 Å². The van der Waals surface area contributed by atoms with Gasteiger partial charge in [0.15, 0.2) is 0 Å². The third-order valence-corrected chi connectivity index (χ3v) is 3.43. The fourth-order valence-corrected chi connectivity index (χ4v) is 3.67. The van der Waals surface area contributed by atoms with Crippen LogP contribution in [-0.4, -0.2) is 25.0 Å². The van der Waals surface area contributed by atoms with Crippen LogP contribution in [0.4, 0.5) is 0 Å². The molecule has 1 nitrogen and oxygen atoms in total. The summed E-state index contributed by atoms with van der Waals surface area (Å²) in [7, 11) is 2.22. The Bertz CT molecular complexity index is 174. The molecule has 0 aliphatic carbocycles. The van der Waals surface area contributed by atoms with Crippen LogP contribution < -0.4 is 0 Å². The first-order valence-corrected chi connectivity index (χ1v) is 5.81. The molecule has 1 heterocycles. The number of nitrogens with zero attached hydrogens (tertiary/aromatic N) is 1. The molecule has 0 spiro atoms. The quantitative estimate of drug-likeness (QED) is 0.623. The second kappa shape index (κ2) is 3.52. The summed E-state index contributed by atoms with van der Waals surface area (Å²) < 4.78 is 0. The van der Waals surface area contributed by atoms with Crippen LogP contribution in [-0.2, 0) is 0 Å². The van der Waals surface area contributed by atoms with Crippen LogP contribution in [0, 0.1) is 22.7 Å². The molecule has 0 saturated carbocycles. The van der Waals surface area contributed by atoms with Crippen molar-refractivity contribution in [2.45, 2.75) is 41.5 Å². The Balaban J connectivity index is 2.74. The third-order valence-electron chi connectivity index (χ3n) is 3.43. The van der Waals surface area contributed by atoms with Gasteiger partial charge in [-0.3, -0.25) is 0 Å². The van der Waals surface area contributed by atoms with E-state index in [1.807, 2.05) is 0 Å². The van der Waals surface area contributed by atoms with Gasteiger partial charge in [0, 0.05) is 13.1 Å². The molecule has 1 fully saturated rings. The minimum atomic E-state index is 0.435. The number of hydrogen-bond donors (Lipinski definition) is 0. The summed E-state index contributed by atoms with van der Waals surface area (Å²) in [5.41, 5.74) is 0.869. The SMILES string of the molecule is CN1CC(C(C(C)(C)C)C(C)(C)C)C1. The topological polar surface area (TPSA) is 3.24 Å². The fourth-order valence-electron chi connectivity index (χ4n) is 3.67. The van der Waals surface area contributed by atoms with E-state index in [1.54, 1.807) is 0 Å². The lowest BCUT2D eigenvalue weighted by atomic mass is 9.59. The lowest BCUT2D eigenvalue weighted by Crippen LogP contribution is -2.53. The highest BCUT2D eigenvalue weighted by Gasteiger charge is 2.44. The highest BCUT2D eigenvalue weighted by molar-refractivity contribution is 4.94. The van der Waals surface area contributed by atoms with E-state index in [9.17, 15) is 0 Å². The van der Waals surface area contributed by atoms with Crippen molar-refractivity contribution in [1.82, 2.24) is 4.90 Å². The van der Waals surface area contributed by atoms with Crippen molar-refractivity contribution in [2.75, 3.05) is 20.1 Å². The van der Waals surface area contributed by atoms with E-state index in [0.29, 0.717) is 10.8 Å². The molecule has 0 aromatic carbocycles. The van der Waals surface area contributed by atoms with E-state index in [2.05, 4.69) is 53.5 Å². The van der Waals surface area contributed by atoms with E-state index >= 15 is 0 Å². The predicted molar refractivity (Wildman–Crippen MR) is 63.4 cm³/mol. The van der Waals surface area contributed by atoms with E-state index in [0.717, 1.165) is 11.8 Å². The first-order valence-electron chi connectivity index (χ1n) is 5.81. The lowest BCUT2D eigenvalue weighted by Gasteiger charge is -2.52. The molecule has 1 saturated heterocycles. The molecule has 1 aliphatic rings. The van der Waals surface area contributed by atoms with Crippen LogP contribution in [0.2, 0.25) is 0 Å². The molecule has 0 unspecified atom stereocenters. The standard InChI is InChI=1S/C13H27N/c1-12(2,3)11(13(4,5)6)10-8-14(7)9-10/h10-11H,8-9H2,1-7H3. The van der Waals surface area contributed by atoms with Gasteiger partial charge in [0.05, 0.1) is 0 Å². The van der Waals surface area contributed by atoms with Gasteiger partial charge in [-0.05, 0) is 29.7 Å². The van der Waals surface area contributed by atoms with Gasteiger partial charge in [0.2, 0.25) is 0 Å². The lowest BCUT2D eigenvalue weighted by molar-refractivity contribution is -0.0317. The molecule has 0 aromatic heterocycles. The Morgan fingerprint density at radius 2 is 1.29 bits per heavy atom. The van der Waals surface area contributed by atoms with Crippen molar-refractivity contribution >= 4 is 0 Å². The second-order valence-electron chi connectivity index (χ2n) is 7.19. The normalized spacial score (nSPS) is 21.4. The van der Waals surface area contributed by atoms with Gasteiger partial charge in [-0.2, -0.15) is 0 Å². The zero-order chi connectivity index (χ0) is 11.1. The molecule has 1 aliphatic heterocycles. The second-order valence-corrected chi connectivity index (χ2v) is 7.19. The zero-order valence-electron chi connectivity index (χ0n) is 11.0. The van der Waals surface area contributed by atoms with E-state index in [-0.39, 0.29) is 0 Å². The van der Waals surface area contributed by atoms with Crippen molar-refractivity contribution < 1.29 is 0 Å². The molecule has 84 valence electrons. The van der Waals surface area contributed by atoms with Crippen LogP contribution in [0.25, 0.3) is 0 Å². The van der Waals surface area contributed by atoms with Gasteiger partial charge < -0.3 is 4.90 Å². The Labute approximate surface area is 89.9 Å². The van der Waals surface area contributed by atoms with Gasteiger partial charge in [0.25, 0.3) is 0 Å². The molecular weight excluding hydrogens is 170 g/mol. The minimum Gasteiger partial charge on any atom is -0.306 e. The maximum Gasteiger partial charge on any atom is 0.00220 e. The van der Waals surface area contributed by atoms with Gasteiger partial charge in [-0.1, -0.05) is 41.5 Å². The van der Waals surface area contributed by atoms with Gasteiger partial charge in [0.1, 0.15) is 0 Å². The summed E-state index contributed by atoms with van der Waals surface area (Å²) in [6.07, 6.45) is 0. The van der Waals surface area contributed by atoms with Crippen LogP contribution in [0.1, 0.15) is 41.5 Å². The Kier molecular flexibility index (Phi) is 3.02. The van der Waals surface area contributed by atoms with E-state index < -0.39 is 0 Å². The molecule has 0 atom stereocenters. The van der Waals surface area contributed by atoms with E-state index in [1.165, 1.54) is 13.1 Å². The van der Waals surface area contributed by atoms with Crippen LogP contribution in [0.15, 0.2) is 0 Å². The first kappa shape index (κ1) is 12.0. The molecule has 0 N–H and O–H groups in total. The Morgan fingerprint density at radius 1 is 0.929 bits per heavy atom. The van der Waals surface area contributed by atoms with Crippen LogP contribution in [0.3, 0.4) is 0 Å². The van der Waals surface area contributed by atoms with Gasteiger partial charge >= 0.3 is 0 Å². The maximum atomic E-state index is 2.43. The highest BCUT2D eigenvalue weighted by atomic mass is 15.2. The third kappa shape index (κ3) is 2.50. The maximum absolute atomic E-state index is 2.43. The van der Waals surface area contributed by atoms with Gasteiger partial charge in [-0.25, -0.2) is 0 Å². The highest BCUT2D eigenvalue weighted by Crippen LogP contribution is 2.47. The van der Waals surface area contributed by atoms with Crippen molar-refractivity contribution in [3.63, 3.8) is 0 Å². The smallest absolute Gasteiger partial charge is 0.00220 e. The molecule has 0 bridgehead atoms. The van der Waals surface area contributed by atoms with Gasteiger partial charge in [-0.15, -0.1) is 0 Å². The van der Waals surface area contributed by atoms with Crippen LogP contribution in [0.5, 0.6) is 0 Å². The molecule has 0 amide bonds. The Morgan fingerprint density at radius 3 is 1.50 bits per heavy atom. The number of hydrogen-bond acceptors (Lipinski definition) is 1. The average Bonchev–Trinajstić information content (AvgIpc) is 1.76. The first-order chi connectivity index (χ1) is 6.12. The minimum absolute atomic E-state index is 0.435. The van der Waals surface area contributed by atoms with Crippen molar-refractivity contribution in [2.24, 2.45) is 22.7 Å². The van der Waals surface area contributed by atoms with Crippen molar-refractivity contribution in [1.29, 1.82) is 0 Å². The molecule has 0 radical (unpaired) electrons. The number of likely N-dealkylation sites (tertiary alicyclic amines) is 1. The summed E-state index contributed by atoms with van der Waals surface area (Å²) in [6.45, 7) is 16.9. The monoisotopic (exact) mass is 197 g/mol.